The van der Waals surface area contributed by atoms with Crippen molar-refractivity contribution in [2.45, 2.75) is 6.92 Å². The number of aryl methyl sites for hydroxylation is 1. The normalized spacial score (nSPS) is 11.4. The number of nitrogens with zero attached hydrogens (tertiary/aromatic N) is 5. The molecule has 0 atom stereocenters. The summed E-state index contributed by atoms with van der Waals surface area (Å²) < 4.78 is 1.44. The third-order valence-corrected chi connectivity index (χ3v) is 5.04. The van der Waals surface area contributed by atoms with Gasteiger partial charge in [0.05, 0.1) is 17.2 Å². The van der Waals surface area contributed by atoms with Gasteiger partial charge >= 0.3 is 0 Å². The highest BCUT2D eigenvalue weighted by Crippen LogP contribution is 2.28. The number of nitrogens with one attached hydrogen (secondary N) is 1. The lowest BCUT2D eigenvalue weighted by molar-refractivity contribution is 0.102. The van der Waals surface area contributed by atoms with Crippen LogP contribution in [0.1, 0.15) is 21.5 Å². The van der Waals surface area contributed by atoms with Crippen LogP contribution in [-0.2, 0) is 0 Å². The Kier molecular flexibility index (Phi) is 4.79. The standard InChI is InChI=1S/C24H19N7O/c1-15-6-8-17(9-7-15)28-24(32)20-21-23(30-19-5-3-2-4-18(19)29-21)31(22(20)25)27-14-16-10-12-26-13-11-16/h2-14H,25H2,1H3,(H,28,32)/b27-14-. The lowest BCUT2D eigenvalue weighted by Crippen LogP contribution is -2.14. The molecule has 8 nitrogen and oxygen atoms in total. The Labute approximate surface area is 183 Å². The largest absolute Gasteiger partial charge is 0.383 e. The minimum atomic E-state index is -0.376. The number of hydrogen-bond donors (Lipinski definition) is 2. The molecule has 32 heavy (non-hydrogen) atoms. The van der Waals surface area contributed by atoms with Crippen LogP contribution in [0.3, 0.4) is 0 Å². The summed E-state index contributed by atoms with van der Waals surface area (Å²) in [6.45, 7) is 1.98. The van der Waals surface area contributed by atoms with Crippen molar-refractivity contribution in [3.63, 3.8) is 0 Å². The van der Waals surface area contributed by atoms with Gasteiger partial charge in [0.2, 0.25) is 0 Å². The van der Waals surface area contributed by atoms with Gasteiger partial charge in [-0.25, -0.2) is 9.97 Å². The molecule has 0 aliphatic heterocycles. The highest BCUT2D eigenvalue weighted by Gasteiger charge is 2.24. The summed E-state index contributed by atoms with van der Waals surface area (Å²) in [5.74, 6) is -0.219. The average molecular weight is 421 g/mol. The van der Waals surface area contributed by atoms with E-state index in [1.165, 1.54) is 4.68 Å². The van der Waals surface area contributed by atoms with E-state index in [4.69, 9.17) is 5.73 Å². The minimum absolute atomic E-state index is 0.158. The number of amides is 1. The van der Waals surface area contributed by atoms with Crippen LogP contribution in [0.2, 0.25) is 0 Å². The topological polar surface area (TPSA) is 111 Å². The zero-order valence-electron chi connectivity index (χ0n) is 17.2. The predicted molar refractivity (Wildman–Crippen MR) is 126 cm³/mol. The second-order valence-corrected chi connectivity index (χ2v) is 7.30. The third kappa shape index (κ3) is 3.54. The van der Waals surface area contributed by atoms with Gasteiger partial charge in [0, 0.05) is 18.1 Å². The Morgan fingerprint density at radius 3 is 2.41 bits per heavy atom. The number of carbonyl (C=O) groups is 1. The first-order chi connectivity index (χ1) is 15.6. The number of hydrogen-bond acceptors (Lipinski definition) is 6. The first-order valence-electron chi connectivity index (χ1n) is 9.99. The monoisotopic (exact) mass is 421 g/mol. The van der Waals surface area contributed by atoms with E-state index in [1.54, 1.807) is 18.6 Å². The highest BCUT2D eigenvalue weighted by molar-refractivity contribution is 6.16. The van der Waals surface area contributed by atoms with Crippen molar-refractivity contribution in [3.05, 3.63) is 89.7 Å². The Morgan fingerprint density at radius 2 is 1.69 bits per heavy atom. The van der Waals surface area contributed by atoms with Crippen molar-refractivity contribution < 1.29 is 4.79 Å². The number of pyridine rings is 1. The van der Waals surface area contributed by atoms with E-state index in [9.17, 15) is 4.79 Å². The van der Waals surface area contributed by atoms with Gasteiger partial charge in [0.25, 0.3) is 5.91 Å². The number of aromatic nitrogens is 4. The predicted octanol–water partition coefficient (Wildman–Crippen LogP) is 4.00. The molecule has 8 heteroatoms. The van der Waals surface area contributed by atoms with Gasteiger partial charge in [-0.3, -0.25) is 9.78 Å². The highest BCUT2D eigenvalue weighted by atomic mass is 16.1. The van der Waals surface area contributed by atoms with Crippen molar-refractivity contribution in [3.8, 4) is 0 Å². The Morgan fingerprint density at radius 1 is 1.00 bits per heavy atom. The summed E-state index contributed by atoms with van der Waals surface area (Å²) in [6.07, 6.45) is 4.98. The smallest absolute Gasteiger partial charge is 0.261 e. The molecule has 3 N–H and O–H groups in total. The van der Waals surface area contributed by atoms with E-state index in [0.29, 0.717) is 27.9 Å². The fourth-order valence-electron chi connectivity index (χ4n) is 3.39. The number of fused-ring (bicyclic) bond motifs is 2. The van der Waals surface area contributed by atoms with Crippen LogP contribution in [0, 0.1) is 6.92 Å². The average Bonchev–Trinajstić information content (AvgIpc) is 3.08. The summed E-state index contributed by atoms with van der Waals surface area (Å²) in [4.78, 5) is 26.6. The van der Waals surface area contributed by atoms with Gasteiger partial charge in [-0.15, -0.1) is 0 Å². The maximum Gasteiger partial charge on any atom is 0.261 e. The Bertz CT molecular complexity index is 1470. The zero-order chi connectivity index (χ0) is 22.1. The van der Waals surface area contributed by atoms with Crippen LogP contribution in [0.15, 0.2) is 78.2 Å². The van der Waals surface area contributed by atoms with Gasteiger partial charge < -0.3 is 11.1 Å². The van der Waals surface area contributed by atoms with E-state index in [-0.39, 0.29) is 17.3 Å². The lowest BCUT2D eigenvalue weighted by Gasteiger charge is -2.06. The molecule has 0 bridgehead atoms. The molecule has 5 aromatic rings. The number of anilines is 2. The summed E-state index contributed by atoms with van der Waals surface area (Å²) >= 11 is 0. The maximum atomic E-state index is 13.2. The Balaban J connectivity index is 1.66. The number of benzene rings is 2. The van der Waals surface area contributed by atoms with Gasteiger partial charge in [0.1, 0.15) is 16.9 Å². The van der Waals surface area contributed by atoms with Crippen molar-refractivity contribution >= 4 is 45.8 Å². The summed E-state index contributed by atoms with van der Waals surface area (Å²) in [5, 5.41) is 7.38. The molecule has 0 fully saturated rings. The molecule has 2 aromatic carbocycles. The number of rotatable bonds is 4. The molecule has 0 saturated carbocycles. The molecule has 0 unspecified atom stereocenters. The molecular formula is C24H19N7O. The maximum absolute atomic E-state index is 13.2. The molecule has 1 amide bonds. The molecule has 0 aliphatic carbocycles. The second kappa shape index (κ2) is 7.92. The van der Waals surface area contributed by atoms with Crippen molar-refractivity contribution in [2.75, 3.05) is 11.1 Å². The molecule has 0 saturated heterocycles. The van der Waals surface area contributed by atoms with Crippen molar-refractivity contribution in [1.29, 1.82) is 0 Å². The zero-order valence-corrected chi connectivity index (χ0v) is 17.2. The van der Waals surface area contributed by atoms with E-state index in [2.05, 4.69) is 25.4 Å². The first kappa shape index (κ1) is 19.4. The SMILES string of the molecule is Cc1ccc(NC(=O)c2c(N)n(/N=C\c3ccncc3)c3nc4ccccc4nc23)cc1. The van der Waals surface area contributed by atoms with Crippen LogP contribution >= 0.6 is 0 Å². The molecule has 5 rings (SSSR count). The van der Waals surface area contributed by atoms with E-state index < -0.39 is 0 Å². The number of nitrogens with two attached hydrogens (primary N) is 1. The van der Waals surface area contributed by atoms with Gasteiger partial charge in [-0.1, -0.05) is 29.8 Å². The van der Waals surface area contributed by atoms with E-state index >= 15 is 0 Å². The van der Waals surface area contributed by atoms with Gasteiger partial charge in [0.15, 0.2) is 5.65 Å². The summed E-state index contributed by atoms with van der Waals surface area (Å²) in [6, 6.07) is 18.6. The number of nitrogen functional groups attached to an aromatic ring is 1. The van der Waals surface area contributed by atoms with Gasteiger partial charge in [-0.2, -0.15) is 9.78 Å². The fourth-order valence-corrected chi connectivity index (χ4v) is 3.39. The van der Waals surface area contributed by atoms with Crippen LogP contribution in [0.25, 0.3) is 22.2 Å². The van der Waals surface area contributed by atoms with Crippen LogP contribution in [0.4, 0.5) is 11.5 Å². The van der Waals surface area contributed by atoms with Crippen LogP contribution in [-0.4, -0.2) is 31.7 Å². The van der Waals surface area contributed by atoms with Crippen LogP contribution < -0.4 is 11.1 Å². The number of carbonyl (C=O) groups excluding carboxylic acids is 1. The van der Waals surface area contributed by atoms with Crippen molar-refractivity contribution in [1.82, 2.24) is 19.6 Å². The molecule has 3 heterocycles. The molecule has 0 aliphatic rings. The van der Waals surface area contributed by atoms with E-state index in [0.717, 1.165) is 11.1 Å². The Hall–Kier alpha value is -4.59. The molecule has 0 spiro atoms. The van der Waals surface area contributed by atoms with Crippen LogP contribution in [0.5, 0.6) is 0 Å². The second-order valence-electron chi connectivity index (χ2n) is 7.30. The number of para-hydroxylation sites is 2. The van der Waals surface area contributed by atoms with Crippen molar-refractivity contribution in [2.24, 2.45) is 5.10 Å². The molecular weight excluding hydrogens is 402 g/mol. The fraction of sp³-hybridized carbons (Fsp3) is 0.0417. The first-order valence-corrected chi connectivity index (χ1v) is 9.99. The summed E-state index contributed by atoms with van der Waals surface area (Å²) in [7, 11) is 0. The molecule has 156 valence electrons. The molecule has 3 aromatic heterocycles. The molecule has 0 radical (unpaired) electrons. The third-order valence-electron chi connectivity index (χ3n) is 5.04. The minimum Gasteiger partial charge on any atom is -0.383 e. The van der Waals surface area contributed by atoms with E-state index in [1.807, 2.05) is 67.6 Å². The van der Waals surface area contributed by atoms with Gasteiger partial charge in [-0.05, 0) is 48.9 Å². The summed E-state index contributed by atoms with van der Waals surface area (Å²) in [5.41, 5.74) is 11.4. The quantitative estimate of drug-likeness (QED) is 0.426. The lowest BCUT2D eigenvalue weighted by atomic mass is 10.2.